The molecule has 3 rings (SSSR count). The normalized spacial score (nSPS) is 15.1. The number of carbonyl (C=O) groups excluding carboxylic acids is 1. The Morgan fingerprint density at radius 2 is 2.00 bits per heavy atom. The Kier molecular flexibility index (Phi) is 4.90. The number of ether oxygens (including phenoxy) is 1. The lowest BCUT2D eigenvalue weighted by Crippen LogP contribution is -2.25. The molecule has 1 aromatic heterocycles. The maximum Gasteiger partial charge on any atom is 0.348 e. The Bertz CT molecular complexity index is 610. The zero-order valence-electron chi connectivity index (χ0n) is 12.9. The Morgan fingerprint density at radius 3 is 2.77 bits per heavy atom. The van der Waals surface area contributed by atoms with E-state index in [1.54, 1.807) is 11.3 Å². The summed E-state index contributed by atoms with van der Waals surface area (Å²) in [6.07, 6.45) is 2.03. The van der Waals surface area contributed by atoms with Crippen molar-refractivity contribution in [1.29, 1.82) is 0 Å². The predicted octanol–water partition coefficient (Wildman–Crippen LogP) is 3.53. The second-order valence-electron chi connectivity index (χ2n) is 5.54. The third-order valence-electron chi connectivity index (χ3n) is 3.97. The lowest BCUT2D eigenvalue weighted by Gasteiger charge is -2.19. The standard InChI is InChI=1S/C18H21NO2S/c1-2-21-18(20)17-12-15-8-10-19(11-9-16(15)22-17)13-14-6-4-3-5-7-14/h3-7,12H,2,8-11,13H2,1H3. The lowest BCUT2D eigenvalue weighted by molar-refractivity contribution is 0.0532. The summed E-state index contributed by atoms with van der Waals surface area (Å²) in [5.41, 5.74) is 2.68. The molecule has 3 nitrogen and oxygen atoms in total. The van der Waals surface area contributed by atoms with Crippen molar-refractivity contribution in [1.82, 2.24) is 4.90 Å². The molecule has 0 fully saturated rings. The smallest absolute Gasteiger partial charge is 0.348 e. The van der Waals surface area contributed by atoms with Gasteiger partial charge in [0.15, 0.2) is 0 Å². The van der Waals surface area contributed by atoms with E-state index < -0.39 is 0 Å². The molecular weight excluding hydrogens is 294 g/mol. The van der Waals surface area contributed by atoms with Crippen molar-refractivity contribution in [2.75, 3.05) is 19.7 Å². The number of hydrogen-bond acceptors (Lipinski definition) is 4. The molecule has 0 N–H and O–H groups in total. The molecule has 1 aliphatic heterocycles. The van der Waals surface area contributed by atoms with Gasteiger partial charge in [0.1, 0.15) is 4.88 Å². The van der Waals surface area contributed by atoms with Crippen LogP contribution in [0.15, 0.2) is 36.4 Å². The number of fused-ring (bicyclic) bond motifs is 1. The van der Waals surface area contributed by atoms with E-state index in [4.69, 9.17) is 4.74 Å². The average Bonchev–Trinajstić information content (AvgIpc) is 2.86. The second-order valence-corrected chi connectivity index (χ2v) is 6.68. The molecule has 0 amide bonds. The van der Waals surface area contributed by atoms with Gasteiger partial charge < -0.3 is 4.74 Å². The van der Waals surface area contributed by atoms with Crippen LogP contribution < -0.4 is 0 Å². The number of carbonyl (C=O) groups is 1. The minimum absolute atomic E-state index is 0.179. The molecule has 0 atom stereocenters. The van der Waals surface area contributed by atoms with Crippen LogP contribution >= 0.6 is 11.3 Å². The molecule has 2 heterocycles. The summed E-state index contributed by atoms with van der Waals surface area (Å²) >= 11 is 1.60. The van der Waals surface area contributed by atoms with E-state index in [0.29, 0.717) is 6.61 Å². The predicted molar refractivity (Wildman–Crippen MR) is 89.4 cm³/mol. The molecule has 4 heteroatoms. The average molecular weight is 315 g/mol. The first-order valence-electron chi connectivity index (χ1n) is 7.81. The number of esters is 1. The van der Waals surface area contributed by atoms with Crippen molar-refractivity contribution in [2.24, 2.45) is 0 Å². The summed E-state index contributed by atoms with van der Waals surface area (Å²) in [6, 6.07) is 12.6. The first-order valence-corrected chi connectivity index (χ1v) is 8.63. The monoisotopic (exact) mass is 315 g/mol. The molecule has 0 spiro atoms. The Hall–Kier alpha value is -1.65. The summed E-state index contributed by atoms with van der Waals surface area (Å²) < 4.78 is 5.10. The summed E-state index contributed by atoms with van der Waals surface area (Å²) in [6.45, 7) is 5.37. The van der Waals surface area contributed by atoms with E-state index in [2.05, 4.69) is 35.2 Å². The van der Waals surface area contributed by atoms with E-state index in [1.165, 1.54) is 16.0 Å². The van der Waals surface area contributed by atoms with Gasteiger partial charge in [-0.05, 0) is 37.0 Å². The van der Waals surface area contributed by atoms with E-state index in [-0.39, 0.29) is 5.97 Å². The zero-order chi connectivity index (χ0) is 15.4. The Labute approximate surface area is 135 Å². The Morgan fingerprint density at radius 1 is 1.23 bits per heavy atom. The van der Waals surface area contributed by atoms with Crippen LogP contribution in [-0.2, 0) is 24.1 Å². The van der Waals surface area contributed by atoms with Gasteiger partial charge in [0.2, 0.25) is 0 Å². The quantitative estimate of drug-likeness (QED) is 0.809. The molecule has 0 unspecified atom stereocenters. The van der Waals surface area contributed by atoms with E-state index >= 15 is 0 Å². The number of hydrogen-bond donors (Lipinski definition) is 0. The van der Waals surface area contributed by atoms with Crippen LogP contribution in [0.4, 0.5) is 0 Å². The van der Waals surface area contributed by atoms with Gasteiger partial charge >= 0.3 is 5.97 Å². The molecule has 0 bridgehead atoms. The second kappa shape index (κ2) is 7.07. The zero-order valence-corrected chi connectivity index (χ0v) is 13.7. The van der Waals surface area contributed by atoms with Crippen LogP contribution in [0, 0.1) is 0 Å². The van der Waals surface area contributed by atoms with E-state index in [9.17, 15) is 4.79 Å². The largest absolute Gasteiger partial charge is 0.462 e. The van der Waals surface area contributed by atoms with Gasteiger partial charge in [-0.2, -0.15) is 0 Å². The first-order chi connectivity index (χ1) is 10.8. The molecule has 0 saturated carbocycles. The number of nitrogens with zero attached hydrogens (tertiary/aromatic N) is 1. The topological polar surface area (TPSA) is 29.5 Å². The van der Waals surface area contributed by atoms with E-state index in [1.807, 2.05) is 13.0 Å². The van der Waals surface area contributed by atoms with Crippen molar-refractivity contribution < 1.29 is 9.53 Å². The fourth-order valence-corrected chi connectivity index (χ4v) is 3.94. The summed E-state index contributed by atoms with van der Waals surface area (Å²) in [5.74, 6) is -0.179. The molecule has 0 aliphatic carbocycles. The van der Waals surface area contributed by atoms with Gasteiger partial charge in [-0.25, -0.2) is 4.79 Å². The number of rotatable bonds is 4. The van der Waals surface area contributed by atoms with Crippen molar-refractivity contribution >= 4 is 17.3 Å². The third kappa shape index (κ3) is 3.57. The van der Waals surface area contributed by atoms with Crippen molar-refractivity contribution in [3.8, 4) is 0 Å². The minimum Gasteiger partial charge on any atom is -0.462 e. The van der Waals surface area contributed by atoms with Crippen LogP contribution in [0.1, 0.15) is 32.6 Å². The first kappa shape index (κ1) is 15.3. The molecule has 2 aromatic rings. The number of thiophene rings is 1. The van der Waals surface area contributed by atoms with Gasteiger partial charge in [-0.15, -0.1) is 11.3 Å². The molecule has 0 saturated heterocycles. The molecular formula is C18H21NO2S. The summed E-state index contributed by atoms with van der Waals surface area (Å²) in [7, 11) is 0. The lowest BCUT2D eigenvalue weighted by atomic mass is 10.1. The van der Waals surface area contributed by atoms with Gasteiger partial charge in [0, 0.05) is 24.5 Å². The molecule has 1 aliphatic rings. The van der Waals surface area contributed by atoms with Crippen LogP contribution in [0.2, 0.25) is 0 Å². The fraction of sp³-hybridized carbons (Fsp3) is 0.389. The molecule has 22 heavy (non-hydrogen) atoms. The van der Waals surface area contributed by atoms with Gasteiger partial charge in [-0.1, -0.05) is 30.3 Å². The highest BCUT2D eigenvalue weighted by atomic mass is 32.1. The summed E-state index contributed by atoms with van der Waals surface area (Å²) in [5, 5.41) is 0. The third-order valence-corrected chi connectivity index (χ3v) is 5.19. The highest BCUT2D eigenvalue weighted by Gasteiger charge is 2.19. The minimum atomic E-state index is -0.179. The molecule has 116 valence electrons. The van der Waals surface area contributed by atoms with E-state index in [0.717, 1.165) is 37.4 Å². The number of benzene rings is 1. The van der Waals surface area contributed by atoms with Crippen LogP contribution in [-0.4, -0.2) is 30.6 Å². The highest BCUT2D eigenvalue weighted by Crippen LogP contribution is 2.27. The molecule has 0 radical (unpaired) electrons. The highest BCUT2D eigenvalue weighted by molar-refractivity contribution is 7.14. The Balaban J connectivity index is 1.64. The SMILES string of the molecule is CCOC(=O)c1cc2c(s1)CCN(Cc1ccccc1)CC2. The van der Waals surface area contributed by atoms with Crippen LogP contribution in [0.25, 0.3) is 0 Å². The molecule has 1 aromatic carbocycles. The summed E-state index contributed by atoms with van der Waals surface area (Å²) in [4.78, 5) is 16.4. The maximum atomic E-state index is 11.8. The van der Waals surface area contributed by atoms with Crippen LogP contribution in [0.3, 0.4) is 0 Å². The van der Waals surface area contributed by atoms with Crippen LogP contribution in [0.5, 0.6) is 0 Å². The van der Waals surface area contributed by atoms with Crippen molar-refractivity contribution in [2.45, 2.75) is 26.3 Å². The fourth-order valence-electron chi connectivity index (χ4n) is 2.84. The van der Waals surface area contributed by atoms with Gasteiger partial charge in [0.05, 0.1) is 6.61 Å². The van der Waals surface area contributed by atoms with Crippen molar-refractivity contribution in [3.05, 3.63) is 57.3 Å². The van der Waals surface area contributed by atoms with Gasteiger partial charge in [0.25, 0.3) is 0 Å². The van der Waals surface area contributed by atoms with Crippen molar-refractivity contribution in [3.63, 3.8) is 0 Å². The maximum absolute atomic E-state index is 11.8. The van der Waals surface area contributed by atoms with Gasteiger partial charge in [-0.3, -0.25) is 4.90 Å².